The third-order valence-electron chi connectivity index (χ3n) is 3.71. The lowest BCUT2D eigenvalue weighted by molar-refractivity contribution is 0.366. The highest BCUT2D eigenvalue weighted by molar-refractivity contribution is 8.23. The average molecular weight is 304 g/mol. The predicted molar refractivity (Wildman–Crippen MR) is 89.7 cm³/mol. The minimum absolute atomic E-state index is 0.00431. The van der Waals surface area contributed by atoms with Crippen LogP contribution in [-0.2, 0) is 0 Å². The molecule has 20 heavy (non-hydrogen) atoms. The number of thioether (sulfide) groups is 1. The van der Waals surface area contributed by atoms with Crippen LogP contribution in [0, 0.1) is 24.2 Å². The molecule has 1 aliphatic heterocycles. The Labute approximate surface area is 131 Å². The van der Waals surface area contributed by atoms with Gasteiger partial charge in [0.1, 0.15) is 4.32 Å². The molecule has 4 heteroatoms. The van der Waals surface area contributed by atoms with Crippen LogP contribution in [0.1, 0.15) is 36.1 Å². The van der Waals surface area contributed by atoms with E-state index in [2.05, 4.69) is 36.9 Å². The van der Waals surface area contributed by atoms with Crippen molar-refractivity contribution in [1.29, 1.82) is 5.26 Å². The van der Waals surface area contributed by atoms with Gasteiger partial charge in [0.2, 0.25) is 0 Å². The molecular weight excluding hydrogens is 284 g/mol. The lowest BCUT2D eigenvalue weighted by atomic mass is 9.95. The summed E-state index contributed by atoms with van der Waals surface area (Å²) in [6.45, 7) is 6.03. The Hall–Kier alpha value is -1.05. The maximum Gasteiger partial charge on any atom is 0.137 e. The lowest BCUT2D eigenvalue weighted by Gasteiger charge is -2.37. The summed E-state index contributed by atoms with van der Waals surface area (Å²) in [5.41, 5.74) is 2.50. The zero-order valence-electron chi connectivity index (χ0n) is 12.0. The number of hydrogen-bond acceptors (Lipinski definition) is 3. The fourth-order valence-corrected chi connectivity index (χ4v) is 4.21. The van der Waals surface area contributed by atoms with E-state index >= 15 is 0 Å². The zero-order valence-corrected chi connectivity index (χ0v) is 13.6. The van der Waals surface area contributed by atoms with Crippen molar-refractivity contribution in [3.63, 3.8) is 0 Å². The van der Waals surface area contributed by atoms with Crippen LogP contribution in [0.25, 0.3) is 0 Å². The van der Waals surface area contributed by atoms with Crippen molar-refractivity contribution in [3.8, 4) is 6.07 Å². The molecule has 1 heterocycles. The molecule has 2 atom stereocenters. The summed E-state index contributed by atoms with van der Waals surface area (Å²) in [4.78, 5) is 2.20. The summed E-state index contributed by atoms with van der Waals surface area (Å²) in [5, 5.41) is 9.68. The van der Waals surface area contributed by atoms with Crippen molar-refractivity contribution >= 4 is 28.3 Å². The monoisotopic (exact) mass is 304 g/mol. The first-order chi connectivity index (χ1) is 9.67. The molecular formula is C16H20N2S2. The first-order valence-corrected chi connectivity index (χ1v) is 8.36. The smallest absolute Gasteiger partial charge is 0.137 e. The van der Waals surface area contributed by atoms with Crippen molar-refractivity contribution in [1.82, 2.24) is 4.90 Å². The third kappa shape index (κ3) is 3.34. The second-order valence-electron chi connectivity index (χ2n) is 5.20. The maximum atomic E-state index is 9.51. The molecule has 0 bridgehead atoms. The largest absolute Gasteiger partial charge is 0.356 e. The normalized spacial score (nSPS) is 22.6. The molecule has 1 saturated heterocycles. The maximum absolute atomic E-state index is 9.51. The van der Waals surface area contributed by atoms with Crippen LogP contribution < -0.4 is 0 Å². The van der Waals surface area contributed by atoms with Gasteiger partial charge in [-0.2, -0.15) is 5.26 Å². The van der Waals surface area contributed by atoms with Gasteiger partial charge in [-0.25, -0.2) is 0 Å². The molecule has 2 nitrogen and oxygen atoms in total. The van der Waals surface area contributed by atoms with Gasteiger partial charge in [-0.3, -0.25) is 0 Å². The Bertz CT molecular complexity index is 521. The summed E-state index contributed by atoms with van der Waals surface area (Å²) in [7, 11) is 0. The van der Waals surface area contributed by atoms with Crippen LogP contribution >= 0.6 is 24.0 Å². The minimum atomic E-state index is 0.00431. The molecule has 0 saturated carbocycles. The Morgan fingerprint density at radius 2 is 2.20 bits per heavy atom. The summed E-state index contributed by atoms with van der Waals surface area (Å²) in [6, 6.07) is 10.8. The summed E-state index contributed by atoms with van der Waals surface area (Å²) in [5.74, 6) is 0.00431. The van der Waals surface area contributed by atoms with E-state index in [1.54, 1.807) is 11.8 Å². The number of aryl methyl sites for hydroxylation is 1. The molecule has 0 aliphatic carbocycles. The van der Waals surface area contributed by atoms with Crippen LogP contribution in [0.4, 0.5) is 0 Å². The molecule has 0 N–H and O–H groups in total. The van der Waals surface area contributed by atoms with Crippen LogP contribution in [0.15, 0.2) is 24.3 Å². The van der Waals surface area contributed by atoms with Crippen molar-refractivity contribution in [2.24, 2.45) is 5.92 Å². The van der Waals surface area contributed by atoms with Crippen LogP contribution in [0.5, 0.6) is 0 Å². The van der Waals surface area contributed by atoms with Gasteiger partial charge in [-0.05, 0) is 24.5 Å². The van der Waals surface area contributed by atoms with Gasteiger partial charge < -0.3 is 4.90 Å². The number of rotatable bonds is 4. The zero-order chi connectivity index (χ0) is 14.5. The standard InChI is InChI=1S/C16H20N2S2/c1-3-4-9-18-11-13(10-17)15(20-16(18)19)14-8-6-5-7-12(14)2/h5-8,13,15H,3-4,9,11H2,1-2H3/t13-,15+/m1/s1. The number of nitriles is 1. The highest BCUT2D eigenvalue weighted by Gasteiger charge is 2.34. The van der Waals surface area contributed by atoms with E-state index in [-0.39, 0.29) is 11.2 Å². The Morgan fingerprint density at radius 1 is 1.45 bits per heavy atom. The van der Waals surface area contributed by atoms with Gasteiger partial charge in [-0.1, -0.05) is 61.6 Å². The molecule has 106 valence electrons. The number of hydrogen-bond donors (Lipinski definition) is 0. The lowest BCUT2D eigenvalue weighted by Crippen LogP contribution is -2.39. The molecule has 0 unspecified atom stereocenters. The van der Waals surface area contributed by atoms with E-state index in [1.165, 1.54) is 11.1 Å². The van der Waals surface area contributed by atoms with E-state index in [4.69, 9.17) is 12.2 Å². The predicted octanol–water partition coefficient (Wildman–Crippen LogP) is 4.31. The van der Waals surface area contributed by atoms with Crippen molar-refractivity contribution in [2.75, 3.05) is 13.1 Å². The first kappa shape index (κ1) is 15.3. The van der Waals surface area contributed by atoms with E-state index in [0.29, 0.717) is 0 Å². The van der Waals surface area contributed by atoms with Gasteiger partial charge >= 0.3 is 0 Å². The Balaban J connectivity index is 2.18. The molecule has 0 spiro atoms. The highest BCUT2D eigenvalue weighted by atomic mass is 32.2. The number of thiocarbonyl (C=S) groups is 1. The van der Waals surface area contributed by atoms with E-state index in [1.807, 2.05) is 12.1 Å². The summed E-state index contributed by atoms with van der Waals surface area (Å²) >= 11 is 7.22. The second-order valence-corrected chi connectivity index (χ2v) is 6.97. The van der Waals surface area contributed by atoms with Gasteiger partial charge in [0.15, 0.2) is 0 Å². The molecule has 1 fully saturated rings. The topological polar surface area (TPSA) is 27.0 Å². The minimum Gasteiger partial charge on any atom is -0.356 e. The van der Waals surface area contributed by atoms with Gasteiger partial charge in [0.25, 0.3) is 0 Å². The Kier molecular flexibility index (Phi) is 5.45. The van der Waals surface area contributed by atoms with Gasteiger partial charge in [0.05, 0.1) is 17.2 Å². The van der Waals surface area contributed by atoms with Gasteiger partial charge in [0, 0.05) is 13.1 Å². The highest BCUT2D eigenvalue weighted by Crippen LogP contribution is 2.42. The van der Waals surface area contributed by atoms with Gasteiger partial charge in [-0.15, -0.1) is 0 Å². The van der Waals surface area contributed by atoms with Crippen LogP contribution in [0.2, 0.25) is 0 Å². The van der Waals surface area contributed by atoms with Crippen LogP contribution in [-0.4, -0.2) is 22.3 Å². The second kappa shape index (κ2) is 7.10. The molecule has 0 aromatic heterocycles. The molecule has 0 amide bonds. The molecule has 1 aliphatic rings. The van der Waals surface area contributed by atoms with E-state index < -0.39 is 0 Å². The van der Waals surface area contributed by atoms with E-state index in [0.717, 1.165) is 30.3 Å². The quantitative estimate of drug-likeness (QED) is 0.775. The summed E-state index contributed by atoms with van der Waals surface area (Å²) < 4.78 is 0.943. The Morgan fingerprint density at radius 3 is 2.85 bits per heavy atom. The fourth-order valence-electron chi connectivity index (χ4n) is 2.50. The summed E-state index contributed by atoms with van der Waals surface area (Å²) in [6.07, 6.45) is 2.29. The SMILES string of the molecule is CCCCN1C[C@@H](C#N)[C@@H](c2ccccc2C)SC1=S. The van der Waals surface area contributed by atoms with Crippen molar-refractivity contribution in [2.45, 2.75) is 31.9 Å². The molecule has 2 rings (SSSR count). The third-order valence-corrected chi connectivity index (χ3v) is 5.55. The molecule has 1 aromatic carbocycles. The number of nitrogens with zero attached hydrogens (tertiary/aromatic N) is 2. The first-order valence-electron chi connectivity index (χ1n) is 7.08. The molecule has 0 radical (unpaired) electrons. The van der Waals surface area contributed by atoms with E-state index in [9.17, 15) is 5.26 Å². The number of unbranched alkanes of at least 4 members (excludes halogenated alkanes) is 1. The fraction of sp³-hybridized carbons (Fsp3) is 0.500. The number of benzene rings is 1. The van der Waals surface area contributed by atoms with Crippen molar-refractivity contribution in [3.05, 3.63) is 35.4 Å². The average Bonchev–Trinajstić information content (AvgIpc) is 2.46. The van der Waals surface area contributed by atoms with Crippen LogP contribution in [0.3, 0.4) is 0 Å². The van der Waals surface area contributed by atoms with Crippen molar-refractivity contribution < 1.29 is 0 Å². The molecule has 1 aromatic rings.